The number of hydrogen-bond donors (Lipinski definition) is 1. The predicted octanol–water partition coefficient (Wildman–Crippen LogP) is 4.37. The van der Waals surface area contributed by atoms with Crippen molar-refractivity contribution in [2.45, 2.75) is 32.7 Å². The molecule has 2 N–H and O–H groups in total. The number of piperidine rings is 1. The number of aromatic nitrogens is 1. The molecular formula is C26H29N3O. The molecule has 0 radical (unpaired) electrons. The van der Waals surface area contributed by atoms with Gasteiger partial charge in [-0.05, 0) is 73.7 Å². The SMILES string of the molecule is Cc1cccc(CN2CCC(Cc3cccc(-c4ccncc4)c3)(C(N)=O)CC2)c1. The summed E-state index contributed by atoms with van der Waals surface area (Å²) in [5.74, 6) is -0.174. The summed E-state index contributed by atoms with van der Waals surface area (Å²) in [4.78, 5) is 19.1. The Labute approximate surface area is 178 Å². The molecule has 4 rings (SSSR count). The largest absolute Gasteiger partial charge is 0.369 e. The van der Waals surface area contributed by atoms with Gasteiger partial charge in [0.2, 0.25) is 5.91 Å². The molecule has 4 nitrogen and oxygen atoms in total. The first-order valence-electron chi connectivity index (χ1n) is 10.6. The molecule has 2 heterocycles. The van der Waals surface area contributed by atoms with Crippen molar-refractivity contribution >= 4 is 5.91 Å². The van der Waals surface area contributed by atoms with Crippen LogP contribution in [0.15, 0.2) is 73.1 Å². The van der Waals surface area contributed by atoms with Gasteiger partial charge in [-0.25, -0.2) is 0 Å². The normalized spacial score (nSPS) is 16.3. The van der Waals surface area contributed by atoms with E-state index in [0.29, 0.717) is 6.42 Å². The number of rotatable bonds is 6. The molecule has 1 saturated heterocycles. The molecule has 3 aromatic rings. The van der Waals surface area contributed by atoms with Gasteiger partial charge < -0.3 is 5.73 Å². The van der Waals surface area contributed by atoms with E-state index in [4.69, 9.17) is 5.73 Å². The van der Waals surface area contributed by atoms with Crippen molar-refractivity contribution in [3.63, 3.8) is 0 Å². The highest BCUT2D eigenvalue weighted by molar-refractivity contribution is 5.81. The Morgan fingerprint density at radius 1 is 0.967 bits per heavy atom. The van der Waals surface area contributed by atoms with Crippen LogP contribution in [-0.4, -0.2) is 28.9 Å². The maximum Gasteiger partial charge on any atom is 0.224 e. The van der Waals surface area contributed by atoms with Crippen molar-refractivity contribution in [1.29, 1.82) is 0 Å². The molecular weight excluding hydrogens is 370 g/mol. The van der Waals surface area contributed by atoms with Gasteiger partial charge in [-0.2, -0.15) is 0 Å². The Kier molecular flexibility index (Phi) is 5.96. The van der Waals surface area contributed by atoms with Crippen LogP contribution in [0.1, 0.15) is 29.5 Å². The quantitative estimate of drug-likeness (QED) is 0.670. The van der Waals surface area contributed by atoms with Crippen LogP contribution in [0.2, 0.25) is 0 Å². The van der Waals surface area contributed by atoms with Gasteiger partial charge in [0.15, 0.2) is 0 Å². The van der Waals surface area contributed by atoms with Crippen LogP contribution in [-0.2, 0) is 17.8 Å². The van der Waals surface area contributed by atoms with Crippen molar-refractivity contribution < 1.29 is 4.79 Å². The van der Waals surface area contributed by atoms with E-state index in [1.54, 1.807) is 12.4 Å². The number of nitrogens with zero attached hydrogens (tertiary/aromatic N) is 2. The van der Waals surface area contributed by atoms with E-state index in [1.165, 1.54) is 11.1 Å². The Morgan fingerprint density at radius 3 is 2.37 bits per heavy atom. The topological polar surface area (TPSA) is 59.2 Å². The highest BCUT2D eigenvalue weighted by Crippen LogP contribution is 2.36. The van der Waals surface area contributed by atoms with Crippen molar-refractivity contribution in [3.05, 3.63) is 89.7 Å². The summed E-state index contributed by atoms with van der Waals surface area (Å²) in [5.41, 5.74) is 11.5. The lowest BCUT2D eigenvalue weighted by molar-refractivity contribution is -0.130. The average Bonchev–Trinajstić information content (AvgIpc) is 2.76. The number of aryl methyl sites for hydroxylation is 1. The van der Waals surface area contributed by atoms with Crippen LogP contribution in [0, 0.1) is 12.3 Å². The molecule has 0 atom stereocenters. The molecule has 1 aliphatic heterocycles. The fourth-order valence-corrected chi connectivity index (χ4v) is 4.51. The van der Waals surface area contributed by atoms with Gasteiger partial charge in [0.25, 0.3) is 0 Å². The summed E-state index contributed by atoms with van der Waals surface area (Å²) in [6.07, 6.45) is 5.90. The first-order valence-corrected chi connectivity index (χ1v) is 10.6. The molecule has 0 aliphatic carbocycles. The summed E-state index contributed by atoms with van der Waals surface area (Å²) in [6.45, 7) is 4.83. The molecule has 1 aliphatic rings. The molecule has 0 saturated carbocycles. The Bertz CT molecular complexity index is 1010. The number of benzene rings is 2. The van der Waals surface area contributed by atoms with Crippen LogP contribution in [0.3, 0.4) is 0 Å². The van der Waals surface area contributed by atoms with Crippen molar-refractivity contribution in [2.75, 3.05) is 13.1 Å². The van der Waals surface area contributed by atoms with E-state index >= 15 is 0 Å². The smallest absolute Gasteiger partial charge is 0.224 e. The first-order chi connectivity index (χ1) is 14.5. The van der Waals surface area contributed by atoms with Gasteiger partial charge in [-0.3, -0.25) is 14.7 Å². The van der Waals surface area contributed by atoms with E-state index < -0.39 is 5.41 Å². The molecule has 154 valence electrons. The number of likely N-dealkylation sites (tertiary alicyclic amines) is 1. The van der Waals surface area contributed by atoms with E-state index in [2.05, 4.69) is 65.3 Å². The van der Waals surface area contributed by atoms with E-state index in [-0.39, 0.29) is 5.91 Å². The fraction of sp³-hybridized carbons (Fsp3) is 0.308. The van der Waals surface area contributed by atoms with Crippen molar-refractivity contribution in [1.82, 2.24) is 9.88 Å². The number of nitrogens with two attached hydrogens (primary N) is 1. The maximum absolute atomic E-state index is 12.5. The highest BCUT2D eigenvalue weighted by atomic mass is 16.1. The molecule has 1 amide bonds. The molecule has 30 heavy (non-hydrogen) atoms. The van der Waals surface area contributed by atoms with Crippen LogP contribution in [0.4, 0.5) is 0 Å². The molecule has 1 aromatic heterocycles. The third kappa shape index (κ3) is 4.60. The number of amides is 1. The summed E-state index contributed by atoms with van der Waals surface area (Å²) < 4.78 is 0. The zero-order chi connectivity index (χ0) is 21.0. The number of carbonyl (C=O) groups excluding carboxylic acids is 1. The minimum absolute atomic E-state index is 0.174. The van der Waals surface area contributed by atoms with Gasteiger partial charge in [0, 0.05) is 18.9 Å². The van der Waals surface area contributed by atoms with Gasteiger partial charge in [0.05, 0.1) is 5.41 Å². The first kappa shape index (κ1) is 20.3. The van der Waals surface area contributed by atoms with Crippen LogP contribution < -0.4 is 5.73 Å². The summed E-state index contributed by atoms with van der Waals surface area (Å²) >= 11 is 0. The van der Waals surface area contributed by atoms with Gasteiger partial charge in [-0.1, -0.05) is 54.1 Å². The molecule has 1 fully saturated rings. The standard InChI is InChI=1S/C26H29N3O/c1-20-4-2-6-22(16-20)19-29-14-10-26(11-15-29,25(27)30)18-21-5-3-7-24(17-21)23-8-12-28-13-9-23/h2-9,12-13,16-17H,10-11,14-15,18-19H2,1H3,(H2,27,30). The van der Waals surface area contributed by atoms with E-state index in [0.717, 1.165) is 49.2 Å². The molecule has 0 bridgehead atoms. The Balaban J connectivity index is 1.46. The van der Waals surface area contributed by atoms with Gasteiger partial charge >= 0.3 is 0 Å². The average molecular weight is 400 g/mol. The van der Waals surface area contributed by atoms with Crippen LogP contribution >= 0.6 is 0 Å². The lowest BCUT2D eigenvalue weighted by Gasteiger charge is -2.40. The summed E-state index contributed by atoms with van der Waals surface area (Å²) in [7, 11) is 0. The van der Waals surface area contributed by atoms with E-state index in [1.807, 2.05) is 12.1 Å². The second kappa shape index (κ2) is 8.80. The Morgan fingerprint density at radius 2 is 1.67 bits per heavy atom. The molecule has 0 spiro atoms. The second-order valence-electron chi connectivity index (χ2n) is 8.52. The van der Waals surface area contributed by atoms with Crippen LogP contribution in [0.5, 0.6) is 0 Å². The minimum atomic E-state index is -0.472. The Hall–Kier alpha value is -2.98. The lowest BCUT2D eigenvalue weighted by Crippen LogP contribution is -2.48. The number of pyridine rings is 1. The van der Waals surface area contributed by atoms with Gasteiger partial charge in [0.1, 0.15) is 0 Å². The van der Waals surface area contributed by atoms with Gasteiger partial charge in [-0.15, -0.1) is 0 Å². The highest BCUT2D eigenvalue weighted by Gasteiger charge is 2.39. The third-order valence-electron chi connectivity index (χ3n) is 6.31. The third-order valence-corrected chi connectivity index (χ3v) is 6.31. The molecule has 0 unspecified atom stereocenters. The zero-order valence-corrected chi connectivity index (χ0v) is 17.6. The fourth-order valence-electron chi connectivity index (χ4n) is 4.51. The number of carbonyl (C=O) groups is 1. The minimum Gasteiger partial charge on any atom is -0.369 e. The molecule has 4 heteroatoms. The second-order valence-corrected chi connectivity index (χ2v) is 8.52. The molecule has 2 aromatic carbocycles. The number of primary amides is 1. The van der Waals surface area contributed by atoms with E-state index in [9.17, 15) is 4.79 Å². The van der Waals surface area contributed by atoms with Crippen LogP contribution in [0.25, 0.3) is 11.1 Å². The summed E-state index contributed by atoms with van der Waals surface area (Å²) in [5, 5.41) is 0. The maximum atomic E-state index is 12.5. The zero-order valence-electron chi connectivity index (χ0n) is 17.6. The van der Waals surface area contributed by atoms with Crippen molar-refractivity contribution in [2.24, 2.45) is 11.1 Å². The predicted molar refractivity (Wildman–Crippen MR) is 121 cm³/mol. The number of hydrogen-bond acceptors (Lipinski definition) is 3. The summed E-state index contributed by atoms with van der Waals surface area (Å²) in [6, 6.07) is 21.1. The monoisotopic (exact) mass is 399 g/mol. The van der Waals surface area contributed by atoms with Crippen molar-refractivity contribution in [3.8, 4) is 11.1 Å². The lowest BCUT2D eigenvalue weighted by atomic mass is 9.73.